The smallest absolute Gasteiger partial charge is 0.289 e. The van der Waals surface area contributed by atoms with E-state index in [1.54, 1.807) is 29.4 Å². The molecule has 0 saturated carbocycles. The van der Waals surface area contributed by atoms with Crippen molar-refractivity contribution in [3.8, 4) is 0 Å². The Balaban J connectivity index is 2.09. The average Bonchev–Trinajstić information content (AvgIpc) is 2.98. The maximum absolute atomic E-state index is 12.3. The van der Waals surface area contributed by atoms with Gasteiger partial charge < -0.3 is 15.1 Å². The van der Waals surface area contributed by atoms with Gasteiger partial charge in [0.2, 0.25) is 0 Å². The largest absolute Gasteiger partial charge is 0.459 e. The molecule has 100 valence electrons. The van der Waals surface area contributed by atoms with Crippen LogP contribution >= 0.6 is 0 Å². The number of carbonyl (C=O) groups excluding carboxylic acids is 1. The molecule has 0 saturated heterocycles. The Labute approximate surface area is 112 Å². The molecule has 2 rings (SSSR count). The minimum absolute atomic E-state index is 0.123. The molecule has 0 bridgehead atoms. The summed E-state index contributed by atoms with van der Waals surface area (Å²) in [6.45, 7) is 1.66. The van der Waals surface area contributed by atoms with Crippen LogP contribution in [0.25, 0.3) is 0 Å². The number of carbonyl (C=O) groups is 1. The molecule has 1 amide bonds. The van der Waals surface area contributed by atoms with E-state index in [1.165, 1.54) is 6.26 Å². The van der Waals surface area contributed by atoms with Gasteiger partial charge in [0.25, 0.3) is 5.91 Å². The molecule has 2 N–H and O–H groups in total. The molecule has 0 atom stereocenters. The van der Waals surface area contributed by atoms with Crippen molar-refractivity contribution in [3.05, 3.63) is 54.2 Å². The molecule has 2 aromatic heterocycles. The molecule has 0 aromatic carbocycles. The summed E-state index contributed by atoms with van der Waals surface area (Å²) in [6, 6.07) is 7.17. The first-order valence-electron chi connectivity index (χ1n) is 6.23. The number of pyridine rings is 1. The van der Waals surface area contributed by atoms with Crippen LogP contribution in [-0.2, 0) is 6.54 Å². The third kappa shape index (κ3) is 3.66. The second kappa shape index (κ2) is 6.70. The molecule has 0 radical (unpaired) electrons. The zero-order chi connectivity index (χ0) is 13.5. The zero-order valence-corrected chi connectivity index (χ0v) is 10.7. The third-order valence-corrected chi connectivity index (χ3v) is 2.75. The maximum Gasteiger partial charge on any atom is 0.289 e. The quantitative estimate of drug-likeness (QED) is 0.856. The number of amides is 1. The molecule has 0 fully saturated rings. The first-order valence-corrected chi connectivity index (χ1v) is 6.23. The van der Waals surface area contributed by atoms with Gasteiger partial charge in [-0.15, -0.1) is 0 Å². The lowest BCUT2D eigenvalue weighted by molar-refractivity contribution is 0.0710. The molecule has 0 spiro atoms. The maximum atomic E-state index is 12.3. The van der Waals surface area contributed by atoms with Crippen molar-refractivity contribution in [2.75, 3.05) is 13.1 Å². The highest BCUT2D eigenvalue weighted by molar-refractivity contribution is 5.91. The van der Waals surface area contributed by atoms with E-state index in [2.05, 4.69) is 4.98 Å². The Bertz CT molecular complexity index is 497. The van der Waals surface area contributed by atoms with Crippen molar-refractivity contribution in [2.24, 2.45) is 5.73 Å². The van der Waals surface area contributed by atoms with E-state index in [0.717, 1.165) is 12.0 Å². The molecule has 5 heteroatoms. The van der Waals surface area contributed by atoms with Crippen molar-refractivity contribution < 1.29 is 9.21 Å². The van der Waals surface area contributed by atoms with Gasteiger partial charge in [0.05, 0.1) is 6.26 Å². The number of nitrogens with two attached hydrogens (primary N) is 1. The van der Waals surface area contributed by atoms with Crippen LogP contribution in [0.3, 0.4) is 0 Å². The molecule has 2 heterocycles. The van der Waals surface area contributed by atoms with Crippen LogP contribution < -0.4 is 5.73 Å². The van der Waals surface area contributed by atoms with Gasteiger partial charge >= 0.3 is 0 Å². The standard InChI is InChI=1S/C14H17N3O2/c15-6-3-8-17(11-12-4-1-7-16-10-12)14(18)13-5-2-9-19-13/h1-2,4-5,7,9-10H,3,6,8,11,15H2. The highest BCUT2D eigenvalue weighted by Crippen LogP contribution is 2.10. The fraction of sp³-hybridized carbons (Fsp3) is 0.286. The summed E-state index contributed by atoms with van der Waals surface area (Å²) in [5.74, 6) is 0.225. The fourth-order valence-electron chi connectivity index (χ4n) is 1.80. The Morgan fingerprint density at radius 1 is 1.37 bits per heavy atom. The molecule has 19 heavy (non-hydrogen) atoms. The Kier molecular flexibility index (Phi) is 4.69. The second-order valence-electron chi connectivity index (χ2n) is 4.21. The van der Waals surface area contributed by atoms with Gasteiger partial charge in [-0.1, -0.05) is 6.07 Å². The third-order valence-electron chi connectivity index (χ3n) is 2.75. The summed E-state index contributed by atoms with van der Waals surface area (Å²) in [4.78, 5) is 18.1. The molecular formula is C14H17N3O2. The Morgan fingerprint density at radius 2 is 2.26 bits per heavy atom. The van der Waals surface area contributed by atoms with Crippen LogP contribution in [0.15, 0.2) is 47.3 Å². The van der Waals surface area contributed by atoms with Crippen LogP contribution in [0, 0.1) is 0 Å². The number of rotatable bonds is 6. The summed E-state index contributed by atoms with van der Waals surface area (Å²) in [5, 5.41) is 0. The summed E-state index contributed by atoms with van der Waals surface area (Å²) in [7, 11) is 0. The molecule has 0 unspecified atom stereocenters. The number of aromatic nitrogens is 1. The van der Waals surface area contributed by atoms with E-state index in [1.807, 2.05) is 12.1 Å². The lowest BCUT2D eigenvalue weighted by Crippen LogP contribution is -2.32. The molecule has 0 aliphatic carbocycles. The van der Waals surface area contributed by atoms with Crippen LogP contribution in [0.4, 0.5) is 0 Å². The van der Waals surface area contributed by atoms with Crippen molar-refractivity contribution in [2.45, 2.75) is 13.0 Å². The first-order chi connectivity index (χ1) is 9.31. The number of furan rings is 1. The minimum atomic E-state index is -0.123. The van der Waals surface area contributed by atoms with Gasteiger partial charge in [0, 0.05) is 25.5 Å². The molecule has 2 aromatic rings. The fourth-order valence-corrected chi connectivity index (χ4v) is 1.80. The predicted octanol–water partition coefficient (Wildman–Crippen LogP) is 1.67. The normalized spacial score (nSPS) is 10.4. The van der Waals surface area contributed by atoms with Crippen molar-refractivity contribution in [3.63, 3.8) is 0 Å². The van der Waals surface area contributed by atoms with Crippen LogP contribution in [0.2, 0.25) is 0 Å². The van der Waals surface area contributed by atoms with Crippen molar-refractivity contribution in [1.29, 1.82) is 0 Å². The monoisotopic (exact) mass is 259 g/mol. The van der Waals surface area contributed by atoms with Crippen LogP contribution in [-0.4, -0.2) is 28.9 Å². The zero-order valence-electron chi connectivity index (χ0n) is 10.7. The number of hydrogen-bond donors (Lipinski definition) is 1. The lowest BCUT2D eigenvalue weighted by Gasteiger charge is -2.21. The van der Waals surface area contributed by atoms with E-state index in [9.17, 15) is 4.79 Å². The summed E-state index contributed by atoms with van der Waals surface area (Å²) < 4.78 is 5.16. The van der Waals surface area contributed by atoms with Gasteiger partial charge in [-0.25, -0.2) is 0 Å². The summed E-state index contributed by atoms with van der Waals surface area (Å²) in [5.41, 5.74) is 6.50. The van der Waals surface area contributed by atoms with Gasteiger partial charge in [-0.2, -0.15) is 0 Å². The van der Waals surface area contributed by atoms with E-state index < -0.39 is 0 Å². The van der Waals surface area contributed by atoms with E-state index in [0.29, 0.717) is 25.4 Å². The number of nitrogens with zero attached hydrogens (tertiary/aromatic N) is 2. The number of hydrogen-bond acceptors (Lipinski definition) is 4. The van der Waals surface area contributed by atoms with E-state index in [4.69, 9.17) is 10.2 Å². The van der Waals surface area contributed by atoms with Gasteiger partial charge in [-0.3, -0.25) is 9.78 Å². The average molecular weight is 259 g/mol. The van der Waals surface area contributed by atoms with E-state index >= 15 is 0 Å². The Morgan fingerprint density at radius 3 is 2.89 bits per heavy atom. The summed E-state index contributed by atoms with van der Waals surface area (Å²) >= 11 is 0. The van der Waals surface area contributed by atoms with Crippen molar-refractivity contribution in [1.82, 2.24) is 9.88 Å². The van der Waals surface area contributed by atoms with Gasteiger partial charge in [0.15, 0.2) is 5.76 Å². The topological polar surface area (TPSA) is 72.4 Å². The second-order valence-corrected chi connectivity index (χ2v) is 4.21. The Hall–Kier alpha value is -2.14. The molecule has 0 aliphatic heterocycles. The lowest BCUT2D eigenvalue weighted by atomic mass is 10.2. The van der Waals surface area contributed by atoms with E-state index in [-0.39, 0.29) is 5.91 Å². The van der Waals surface area contributed by atoms with Crippen LogP contribution in [0.1, 0.15) is 22.5 Å². The highest BCUT2D eigenvalue weighted by Gasteiger charge is 2.17. The minimum Gasteiger partial charge on any atom is -0.459 e. The summed E-state index contributed by atoms with van der Waals surface area (Å²) in [6.07, 6.45) is 5.72. The molecular weight excluding hydrogens is 242 g/mol. The van der Waals surface area contributed by atoms with Gasteiger partial charge in [-0.05, 0) is 36.7 Å². The molecule has 5 nitrogen and oxygen atoms in total. The first kappa shape index (κ1) is 13.3. The predicted molar refractivity (Wildman–Crippen MR) is 71.4 cm³/mol. The molecule has 0 aliphatic rings. The van der Waals surface area contributed by atoms with Crippen LogP contribution in [0.5, 0.6) is 0 Å². The SMILES string of the molecule is NCCCN(Cc1cccnc1)C(=O)c1ccco1. The van der Waals surface area contributed by atoms with Gasteiger partial charge in [0.1, 0.15) is 0 Å². The highest BCUT2D eigenvalue weighted by atomic mass is 16.3. The van der Waals surface area contributed by atoms with Crippen molar-refractivity contribution >= 4 is 5.91 Å².